The number of carbonyl (C=O) groups is 1. The molecule has 2 aromatic rings. The number of amides is 1. The van der Waals surface area contributed by atoms with E-state index >= 15 is 0 Å². The normalized spacial score (nSPS) is 10.9. The first kappa shape index (κ1) is 11.5. The summed E-state index contributed by atoms with van der Waals surface area (Å²) in [5.74, 6) is -0.790. The number of carbonyl (C=O) groups excluding carboxylic acids is 1. The third-order valence-corrected chi connectivity index (χ3v) is 2.86. The fourth-order valence-corrected chi connectivity index (χ4v) is 1.99. The average molecular weight is 248 g/mol. The molecule has 0 fully saturated rings. The Balaban J connectivity index is 2.23. The topological polar surface area (TPSA) is 56.0 Å². The van der Waals surface area contributed by atoms with E-state index in [-0.39, 0.29) is 5.82 Å². The summed E-state index contributed by atoms with van der Waals surface area (Å²) in [6.45, 7) is 0. The standard InChI is InChI=1S/C12H9FN2OS/c13-9-3-1-8(2-4-9)10-7-17-12(15-10)6-5-11(14)16/h1-7H,(H2,14,16)/b6-5+. The lowest BCUT2D eigenvalue weighted by Gasteiger charge is -1.94. The van der Waals surface area contributed by atoms with Crippen molar-refractivity contribution >= 4 is 23.3 Å². The van der Waals surface area contributed by atoms with Crippen LogP contribution in [0.5, 0.6) is 0 Å². The molecule has 0 aliphatic carbocycles. The molecule has 0 saturated carbocycles. The van der Waals surface area contributed by atoms with Crippen molar-refractivity contribution in [2.75, 3.05) is 0 Å². The van der Waals surface area contributed by atoms with Gasteiger partial charge in [0, 0.05) is 17.0 Å². The summed E-state index contributed by atoms with van der Waals surface area (Å²) >= 11 is 1.39. The maximum Gasteiger partial charge on any atom is 0.241 e. The number of hydrogen-bond acceptors (Lipinski definition) is 3. The number of thiazole rings is 1. The van der Waals surface area contributed by atoms with Crippen LogP contribution in [0, 0.1) is 5.82 Å². The lowest BCUT2D eigenvalue weighted by atomic mass is 10.2. The van der Waals surface area contributed by atoms with Crippen LogP contribution in [0.2, 0.25) is 0 Å². The van der Waals surface area contributed by atoms with E-state index in [1.165, 1.54) is 29.5 Å². The first-order valence-electron chi connectivity index (χ1n) is 4.84. The molecule has 0 unspecified atom stereocenters. The van der Waals surface area contributed by atoms with Crippen molar-refractivity contribution in [2.24, 2.45) is 5.73 Å². The SMILES string of the molecule is NC(=O)/C=C/c1nc(-c2ccc(F)cc2)cs1. The van der Waals surface area contributed by atoms with Crippen LogP contribution in [-0.4, -0.2) is 10.9 Å². The molecule has 0 atom stereocenters. The number of nitrogens with two attached hydrogens (primary N) is 1. The van der Waals surface area contributed by atoms with E-state index in [1.807, 2.05) is 5.38 Å². The summed E-state index contributed by atoms with van der Waals surface area (Å²) in [5, 5.41) is 2.52. The monoisotopic (exact) mass is 248 g/mol. The van der Waals surface area contributed by atoms with Crippen molar-refractivity contribution in [3.05, 3.63) is 46.5 Å². The number of hydrogen-bond donors (Lipinski definition) is 1. The Morgan fingerprint density at radius 1 is 1.35 bits per heavy atom. The highest BCUT2D eigenvalue weighted by Gasteiger charge is 2.02. The highest BCUT2D eigenvalue weighted by atomic mass is 32.1. The molecule has 0 saturated heterocycles. The average Bonchev–Trinajstić information content (AvgIpc) is 2.76. The van der Waals surface area contributed by atoms with Crippen LogP contribution in [-0.2, 0) is 4.79 Å². The molecule has 1 amide bonds. The van der Waals surface area contributed by atoms with Crippen LogP contribution in [0.1, 0.15) is 5.01 Å². The van der Waals surface area contributed by atoms with Gasteiger partial charge < -0.3 is 5.73 Å². The minimum atomic E-state index is -0.511. The van der Waals surface area contributed by atoms with Crippen LogP contribution in [0.4, 0.5) is 4.39 Å². The molecule has 0 bridgehead atoms. The summed E-state index contributed by atoms with van der Waals surface area (Å²) in [6.07, 6.45) is 2.81. The molecular weight excluding hydrogens is 239 g/mol. The van der Waals surface area contributed by atoms with E-state index in [0.29, 0.717) is 5.01 Å². The highest BCUT2D eigenvalue weighted by molar-refractivity contribution is 7.10. The van der Waals surface area contributed by atoms with Crippen molar-refractivity contribution in [1.29, 1.82) is 0 Å². The smallest absolute Gasteiger partial charge is 0.241 e. The number of primary amides is 1. The Labute approximate surface area is 101 Å². The van der Waals surface area contributed by atoms with Crippen LogP contribution in [0.3, 0.4) is 0 Å². The zero-order chi connectivity index (χ0) is 12.3. The molecular formula is C12H9FN2OS. The predicted molar refractivity (Wildman–Crippen MR) is 65.7 cm³/mol. The van der Waals surface area contributed by atoms with Crippen LogP contribution < -0.4 is 5.73 Å². The number of nitrogens with zero attached hydrogens (tertiary/aromatic N) is 1. The molecule has 3 nitrogen and oxygen atoms in total. The molecule has 2 rings (SSSR count). The maximum atomic E-state index is 12.7. The van der Waals surface area contributed by atoms with Gasteiger partial charge in [-0.25, -0.2) is 9.37 Å². The second-order valence-corrected chi connectivity index (χ2v) is 4.20. The molecule has 86 valence electrons. The van der Waals surface area contributed by atoms with Gasteiger partial charge in [0.25, 0.3) is 0 Å². The third-order valence-electron chi connectivity index (χ3n) is 2.05. The molecule has 5 heteroatoms. The molecule has 1 aromatic heterocycles. The molecule has 1 heterocycles. The Morgan fingerprint density at radius 3 is 2.71 bits per heavy atom. The zero-order valence-electron chi connectivity index (χ0n) is 8.76. The summed E-state index contributed by atoms with van der Waals surface area (Å²) in [5.41, 5.74) is 6.57. The molecule has 1 aromatic carbocycles. The first-order chi connectivity index (χ1) is 8.15. The summed E-state index contributed by atoms with van der Waals surface area (Å²) < 4.78 is 12.7. The van der Waals surface area contributed by atoms with Crippen molar-refractivity contribution < 1.29 is 9.18 Å². The van der Waals surface area contributed by atoms with Gasteiger partial charge in [-0.05, 0) is 30.3 Å². The number of aromatic nitrogens is 1. The van der Waals surface area contributed by atoms with Crippen molar-refractivity contribution in [3.63, 3.8) is 0 Å². The van der Waals surface area contributed by atoms with Gasteiger partial charge in [0.05, 0.1) is 5.69 Å². The van der Waals surface area contributed by atoms with E-state index in [4.69, 9.17) is 5.73 Å². The number of benzene rings is 1. The van der Waals surface area contributed by atoms with Gasteiger partial charge in [0.2, 0.25) is 5.91 Å². The molecule has 17 heavy (non-hydrogen) atoms. The first-order valence-corrected chi connectivity index (χ1v) is 5.72. The lowest BCUT2D eigenvalue weighted by molar-refractivity contribution is -0.113. The Hall–Kier alpha value is -2.01. The minimum Gasteiger partial charge on any atom is -0.366 e. The molecule has 0 spiro atoms. The van der Waals surface area contributed by atoms with Gasteiger partial charge >= 0.3 is 0 Å². The van der Waals surface area contributed by atoms with Gasteiger partial charge in [0.15, 0.2) is 0 Å². The van der Waals surface area contributed by atoms with E-state index < -0.39 is 5.91 Å². The van der Waals surface area contributed by atoms with Crippen molar-refractivity contribution in [3.8, 4) is 11.3 Å². The van der Waals surface area contributed by atoms with Crippen LogP contribution in [0.25, 0.3) is 17.3 Å². The molecule has 0 aliphatic heterocycles. The van der Waals surface area contributed by atoms with E-state index in [9.17, 15) is 9.18 Å². The van der Waals surface area contributed by atoms with Crippen molar-refractivity contribution in [1.82, 2.24) is 4.98 Å². The zero-order valence-corrected chi connectivity index (χ0v) is 9.58. The van der Waals surface area contributed by atoms with Gasteiger partial charge in [-0.3, -0.25) is 4.79 Å². The molecule has 0 aliphatic rings. The van der Waals surface area contributed by atoms with Crippen LogP contribution >= 0.6 is 11.3 Å². The van der Waals surface area contributed by atoms with Gasteiger partial charge in [-0.1, -0.05) is 0 Å². The minimum absolute atomic E-state index is 0.280. The molecule has 0 radical (unpaired) electrons. The fourth-order valence-electron chi connectivity index (χ4n) is 1.27. The summed E-state index contributed by atoms with van der Waals surface area (Å²) in [7, 11) is 0. The van der Waals surface area contributed by atoms with Crippen LogP contribution in [0.15, 0.2) is 35.7 Å². The van der Waals surface area contributed by atoms with E-state index in [2.05, 4.69) is 4.98 Å². The van der Waals surface area contributed by atoms with Gasteiger partial charge in [-0.15, -0.1) is 11.3 Å². The van der Waals surface area contributed by atoms with E-state index in [0.717, 1.165) is 11.3 Å². The predicted octanol–water partition coefficient (Wildman–Crippen LogP) is 2.45. The lowest BCUT2D eigenvalue weighted by Crippen LogP contribution is -2.04. The second-order valence-electron chi connectivity index (χ2n) is 3.31. The molecule has 2 N–H and O–H groups in total. The number of rotatable bonds is 3. The Morgan fingerprint density at radius 2 is 2.06 bits per heavy atom. The quantitative estimate of drug-likeness (QED) is 0.848. The van der Waals surface area contributed by atoms with Crippen molar-refractivity contribution in [2.45, 2.75) is 0 Å². The summed E-state index contributed by atoms with van der Waals surface area (Å²) in [4.78, 5) is 14.8. The Bertz CT molecular complexity index is 560. The summed E-state index contributed by atoms with van der Waals surface area (Å²) in [6, 6.07) is 6.08. The third kappa shape index (κ3) is 2.98. The van der Waals surface area contributed by atoms with E-state index in [1.54, 1.807) is 18.2 Å². The van der Waals surface area contributed by atoms with Gasteiger partial charge in [-0.2, -0.15) is 0 Å². The fraction of sp³-hybridized carbons (Fsp3) is 0. The van der Waals surface area contributed by atoms with Gasteiger partial charge in [0.1, 0.15) is 10.8 Å². The maximum absolute atomic E-state index is 12.7. The second kappa shape index (κ2) is 4.88. The Kier molecular flexibility index (Phi) is 3.30. The number of halogens is 1. The highest BCUT2D eigenvalue weighted by Crippen LogP contribution is 2.22. The largest absolute Gasteiger partial charge is 0.366 e.